The van der Waals surface area contributed by atoms with E-state index < -0.39 is 53.7 Å². The summed E-state index contributed by atoms with van der Waals surface area (Å²) in [5, 5.41) is 7.54. The zero-order valence-corrected chi connectivity index (χ0v) is 20.1. The summed E-state index contributed by atoms with van der Waals surface area (Å²) >= 11 is 6.20. The number of amides is 5. The first-order valence-corrected chi connectivity index (χ1v) is 11.6. The minimum atomic E-state index is -1.07. The Morgan fingerprint density at radius 3 is 2.06 bits per heavy atom. The van der Waals surface area contributed by atoms with E-state index in [4.69, 9.17) is 18.0 Å². The fraction of sp³-hybridized carbons (Fsp3) is 0.429. The van der Waals surface area contributed by atoms with Gasteiger partial charge in [0.05, 0.1) is 11.8 Å². The molecule has 0 spiro atoms. The third-order valence-electron chi connectivity index (χ3n) is 4.79. The molecule has 178 valence electrons. The highest BCUT2D eigenvalue weighted by atomic mass is 32.2. The Kier molecular flexibility index (Phi) is 9.50. The van der Waals surface area contributed by atoms with Crippen LogP contribution < -0.4 is 21.7 Å². The highest BCUT2D eigenvalue weighted by molar-refractivity contribution is 8.24. The van der Waals surface area contributed by atoms with E-state index in [0.717, 1.165) is 22.2 Å². The average molecular weight is 494 g/mol. The number of hydrogen-bond donors (Lipinski definition) is 4. The van der Waals surface area contributed by atoms with Crippen molar-refractivity contribution in [3.63, 3.8) is 0 Å². The Morgan fingerprint density at radius 2 is 1.55 bits per heavy atom. The molecule has 12 heteroatoms. The number of carbonyl (C=O) groups excluding carboxylic acids is 5. The monoisotopic (exact) mass is 493 g/mol. The summed E-state index contributed by atoms with van der Waals surface area (Å²) in [7, 11) is 0. The van der Waals surface area contributed by atoms with Crippen LogP contribution in [-0.4, -0.2) is 68.7 Å². The molecule has 5 amide bonds. The second-order valence-electron chi connectivity index (χ2n) is 7.62. The van der Waals surface area contributed by atoms with Gasteiger partial charge in [-0.3, -0.25) is 24.0 Å². The minimum absolute atomic E-state index is 0.0636. The van der Waals surface area contributed by atoms with E-state index >= 15 is 0 Å². The Morgan fingerprint density at radius 1 is 1.00 bits per heavy atom. The maximum atomic E-state index is 13.1. The van der Waals surface area contributed by atoms with E-state index in [2.05, 4.69) is 16.0 Å². The van der Waals surface area contributed by atoms with Gasteiger partial charge in [-0.1, -0.05) is 54.3 Å². The normalized spacial score (nSPS) is 17.0. The van der Waals surface area contributed by atoms with Crippen molar-refractivity contribution in [3.05, 3.63) is 35.9 Å². The van der Waals surface area contributed by atoms with Crippen molar-refractivity contribution in [1.82, 2.24) is 20.9 Å². The van der Waals surface area contributed by atoms with E-state index in [1.165, 1.54) is 20.8 Å². The van der Waals surface area contributed by atoms with Gasteiger partial charge in [-0.05, 0) is 26.3 Å². The van der Waals surface area contributed by atoms with Crippen molar-refractivity contribution < 1.29 is 24.0 Å². The van der Waals surface area contributed by atoms with E-state index in [1.807, 2.05) is 6.07 Å². The van der Waals surface area contributed by atoms with E-state index in [9.17, 15) is 24.0 Å². The summed E-state index contributed by atoms with van der Waals surface area (Å²) in [5.41, 5.74) is 6.24. The highest BCUT2D eigenvalue weighted by Crippen LogP contribution is 2.21. The van der Waals surface area contributed by atoms with Gasteiger partial charge >= 0.3 is 0 Å². The molecule has 1 aliphatic heterocycles. The van der Waals surface area contributed by atoms with Crippen LogP contribution >= 0.6 is 24.0 Å². The largest absolute Gasteiger partial charge is 0.343 e. The summed E-state index contributed by atoms with van der Waals surface area (Å²) in [6, 6.07) is 5.18. The van der Waals surface area contributed by atoms with Crippen LogP contribution in [0.5, 0.6) is 0 Å². The third kappa shape index (κ3) is 7.34. The van der Waals surface area contributed by atoms with Crippen LogP contribution in [0.15, 0.2) is 30.3 Å². The molecule has 0 radical (unpaired) electrons. The van der Waals surface area contributed by atoms with E-state index in [0.29, 0.717) is 0 Å². The number of benzene rings is 1. The molecule has 1 fully saturated rings. The molecule has 0 aromatic heterocycles. The summed E-state index contributed by atoms with van der Waals surface area (Å²) < 4.78 is 0.136. The zero-order chi connectivity index (χ0) is 24.7. The number of hydrogen-bond acceptors (Lipinski definition) is 8. The van der Waals surface area contributed by atoms with Gasteiger partial charge in [-0.25, -0.2) is 4.90 Å². The number of nitrogens with two attached hydrogens (primary N) is 1. The zero-order valence-electron chi connectivity index (χ0n) is 18.5. The molecule has 5 N–H and O–H groups in total. The molecule has 1 aromatic rings. The summed E-state index contributed by atoms with van der Waals surface area (Å²) in [6.07, 6.45) is 0.129. The second kappa shape index (κ2) is 11.9. The number of carbonyl (C=O) groups is 5. The number of nitrogens with one attached hydrogen (secondary N) is 3. The number of nitrogens with zero attached hydrogens (tertiary/aromatic N) is 1. The minimum Gasteiger partial charge on any atom is -0.343 e. The molecule has 2 rings (SSSR count). The Hall–Kier alpha value is -2.83. The van der Waals surface area contributed by atoms with Gasteiger partial charge in [0.25, 0.3) is 5.91 Å². The van der Waals surface area contributed by atoms with Gasteiger partial charge in [0, 0.05) is 6.42 Å². The standard InChI is InChI=1S/C21H27N5O5S2/c1-11(22)17(28)23-12(2)18(29)24-13(3)19(30)25-15(9-14-7-5-4-6-8-14)20(31)26-16(27)10-33-21(26)32/h4-8,11-13,15H,9-10,22H2,1-3H3,(H,23,28)(H,24,29)(H,25,30)/t11-,12-,13-,15-/m0/s1. The second-order valence-corrected chi connectivity index (χ2v) is 9.23. The molecular weight excluding hydrogens is 466 g/mol. The summed E-state index contributed by atoms with van der Waals surface area (Å²) in [6.45, 7) is 4.38. The molecule has 1 aliphatic rings. The van der Waals surface area contributed by atoms with Crippen LogP contribution in [0.3, 0.4) is 0 Å². The molecule has 0 bridgehead atoms. The Labute approximate surface area is 201 Å². The summed E-state index contributed by atoms with van der Waals surface area (Å²) in [4.78, 5) is 62.9. The molecule has 1 heterocycles. The van der Waals surface area contributed by atoms with Crippen molar-refractivity contribution in [2.24, 2.45) is 5.73 Å². The Bertz CT molecular complexity index is 924. The maximum Gasteiger partial charge on any atom is 0.257 e. The first-order valence-electron chi connectivity index (χ1n) is 10.3. The fourth-order valence-electron chi connectivity index (χ4n) is 2.88. The lowest BCUT2D eigenvalue weighted by atomic mass is 10.0. The van der Waals surface area contributed by atoms with E-state index in [-0.39, 0.29) is 16.5 Å². The average Bonchev–Trinajstić information content (AvgIpc) is 3.10. The number of thiocarbonyl (C=S) groups is 1. The molecule has 10 nitrogen and oxygen atoms in total. The van der Waals surface area contributed by atoms with Crippen LogP contribution in [0, 0.1) is 0 Å². The molecule has 0 aliphatic carbocycles. The van der Waals surface area contributed by atoms with Crippen molar-refractivity contribution in [2.45, 2.75) is 51.4 Å². The molecule has 1 saturated heterocycles. The SMILES string of the molecule is C[C@H](N)C(=O)N[C@@H](C)C(=O)N[C@@H](C)C(=O)N[C@@H](Cc1ccccc1)C(=O)N1C(=O)CSC1=S. The van der Waals surface area contributed by atoms with Crippen LogP contribution in [0.4, 0.5) is 0 Å². The van der Waals surface area contributed by atoms with Gasteiger partial charge in [0.1, 0.15) is 18.1 Å². The van der Waals surface area contributed by atoms with Crippen LogP contribution in [-0.2, 0) is 30.4 Å². The lowest BCUT2D eigenvalue weighted by Crippen LogP contribution is -2.57. The van der Waals surface area contributed by atoms with Crippen LogP contribution in [0.2, 0.25) is 0 Å². The van der Waals surface area contributed by atoms with Gasteiger partial charge in [0.2, 0.25) is 23.6 Å². The van der Waals surface area contributed by atoms with Crippen molar-refractivity contribution >= 4 is 57.8 Å². The van der Waals surface area contributed by atoms with Crippen LogP contribution in [0.25, 0.3) is 0 Å². The molecule has 4 atom stereocenters. The fourth-order valence-corrected chi connectivity index (χ4v) is 3.95. The van der Waals surface area contributed by atoms with E-state index in [1.54, 1.807) is 24.3 Å². The lowest BCUT2D eigenvalue weighted by molar-refractivity contribution is -0.141. The number of rotatable bonds is 9. The first kappa shape index (κ1) is 26.4. The third-order valence-corrected chi connectivity index (χ3v) is 6.14. The molecule has 0 saturated carbocycles. The first-order chi connectivity index (χ1) is 15.5. The van der Waals surface area contributed by atoms with Gasteiger partial charge in [-0.2, -0.15) is 0 Å². The molecule has 1 aromatic carbocycles. The van der Waals surface area contributed by atoms with Gasteiger partial charge < -0.3 is 21.7 Å². The van der Waals surface area contributed by atoms with Gasteiger partial charge in [-0.15, -0.1) is 0 Å². The predicted molar refractivity (Wildman–Crippen MR) is 128 cm³/mol. The Balaban J connectivity index is 2.09. The van der Waals surface area contributed by atoms with Crippen molar-refractivity contribution in [2.75, 3.05) is 5.75 Å². The predicted octanol–water partition coefficient (Wildman–Crippen LogP) is -0.543. The number of imide groups is 1. The van der Waals surface area contributed by atoms with Crippen molar-refractivity contribution in [3.8, 4) is 0 Å². The van der Waals surface area contributed by atoms with Crippen molar-refractivity contribution in [1.29, 1.82) is 0 Å². The van der Waals surface area contributed by atoms with Gasteiger partial charge in [0.15, 0.2) is 4.32 Å². The van der Waals surface area contributed by atoms with Crippen LogP contribution in [0.1, 0.15) is 26.3 Å². The topological polar surface area (TPSA) is 151 Å². The molecular formula is C21H27N5O5S2. The smallest absolute Gasteiger partial charge is 0.257 e. The maximum absolute atomic E-state index is 13.1. The molecule has 0 unspecified atom stereocenters. The lowest BCUT2D eigenvalue weighted by Gasteiger charge is -2.25. The molecule has 33 heavy (non-hydrogen) atoms. The quantitative estimate of drug-likeness (QED) is 0.335. The number of thioether (sulfide) groups is 1. The summed E-state index contributed by atoms with van der Waals surface area (Å²) in [5.74, 6) is -2.75. The highest BCUT2D eigenvalue weighted by Gasteiger charge is 2.37.